The maximum atomic E-state index is 12.1. The highest BCUT2D eigenvalue weighted by Crippen LogP contribution is 2.34. The molecule has 1 aromatic rings. The van der Waals surface area contributed by atoms with E-state index >= 15 is 0 Å². The van der Waals surface area contributed by atoms with Gasteiger partial charge in [-0.25, -0.2) is 13.4 Å². The Kier molecular flexibility index (Phi) is 2.79. The van der Waals surface area contributed by atoms with Crippen LogP contribution in [0.25, 0.3) is 0 Å². The lowest BCUT2D eigenvalue weighted by atomic mass is 10.6. The van der Waals surface area contributed by atoms with Crippen molar-refractivity contribution in [3.05, 3.63) is 10.2 Å². The molecule has 1 aliphatic rings. The second-order valence-electron chi connectivity index (χ2n) is 3.59. The molecule has 0 saturated heterocycles. The number of aromatic nitrogens is 1. The second-order valence-corrected chi connectivity index (χ2v) is 7.37. The zero-order chi connectivity index (χ0) is 11.2. The summed E-state index contributed by atoms with van der Waals surface area (Å²) in [5, 5.41) is 0. The minimum absolute atomic E-state index is 0.162. The van der Waals surface area contributed by atoms with Crippen LogP contribution in [0.2, 0.25) is 4.47 Å². The second kappa shape index (κ2) is 3.69. The van der Waals surface area contributed by atoms with E-state index in [2.05, 4.69) is 4.98 Å². The Morgan fingerprint density at radius 2 is 2.13 bits per heavy atom. The molecular formula is C8H11ClN2O2S2. The van der Waals surface area contributed by atoms with E-state index in [1.165, 1.54) is 4.31 Å². The van der Waals surface area contributed by atoms with Gasteiger partial charge in [-0.1, -0.05) is 22.9 Å². The minimum Gasteiger partial charge on any atom is -0.229 e. The Morgan fingerprint density at radius 3 is 2.53 bits per heavy atom. The fourth-order valence-electron chi connectivity index (χ4n) is 1.36. The van der Waals surface area contributed by atoms with Crippen LogP contribution >= 0.6 is 22.9 Å². The molecule has 0 spiro atoms. The van der Waals surface area contributed by atoms with Crippen molar-refractivity contribution in [1.82, 2.24) is 9.29 Å². The topological polar surface area (TPSA) is 50.3 Å². The van der Waals surface area contributed by atoms with E-state index in [1.54, 1.807) is 14.0 Å². The van der Waals surface area contributed by atoms with Crippen LogP contribution in [0.4, 0.5) is 0 Å². The molecule has 0 aromatic carbocycles. The summed E-state index contributed by atoms with van der Waals surface area (Å²) in [6.07, 6.45) is 1.89. The highest BCUT2D eigenvalue weighted by Gasteiger charge is 2.36. The molecule has 15 heavy (non-hydrogen) atoms. The van der Waals surface area contributed by atoms with Gasteiger partial charge in [-0.15, -0.1) is 0 Å². The molecule has 0 aliphatic heterocycles. The molecule has 2 rings (SSSR count). The van der Waals surface area contributed by atoms with Crippen molar-refractivity contribution >= 4 is 33.0 Å². The van der Waals surface area contributed by atoms with Gasteiger partial charge in [0.1, 0.15) is 0 Å². The largest absolute Gasteiger partial charge is 0.254 e. The Bertz CT molecular complexity index is 479. The van der Waals surface area contributed by atoms with Crippen molar-refractivity contribution in [3.8, 4) is 0 Å². The number of halogens is 1. The predicted octanol–water partition coefficient (Wildman–Crippen LogP) is 1.89. The molecule has 0 radical (unpaired) electrons. The van der Waals surface area contributed by atoms with Gasteiger partial charge in [0.2, 0.25) is 0 Å². The van der Waals surface area contributed by atoms with Crippen LogP contribution in [0.3, 0.4) is 0 Å². The molecule has 1 saturated carbocycles. The van der Waals surface area contributed by atoms with Crippen molar-refractivity contribution < 1.29 is 8.42 Å². The first-order valence-electron chi connectivity index (χ1n) is 4.54. The van der Waals surface area contributed by atoms with Crippen LogP contribution in [0.5, 0.6) is 0 Å². The lowest BCUT2D eigenvalue weighted by Crippen LogP contribution is -2.28. The first kappa shape index (κ1) is 11.3. The van der Waals surface area contributed by atoms with E-state index in [0.29, 0.717) is 5.69 Å². The Balaban J connectivity index is 2.40. The molecule has 0 unspecified atom stereocenters. The normalized spacial score (nSPS) is 17.3. The lowest BCUT2D eigenvalue weighted by molar-refractivity contribution is 0.465. The standard InChI is InChI=1S/C8H11ClN2O2S2/c1-5-7(14-8(9)10-5)15(12,13)11(2)6-3-4-6/h6H,3-4H2,1-2H3. The van der Waals surface area contributed by atoms with Crippen LogP contribution < -0.4 is 0 Å². The fourth-order valence-corrected chi connectivity index (χ4v) is 4.67. The van der Waals surface area contributed by atoms with E-state index in [1.807, 2.05) is 0 Å². The summed E-state index contributed by atoms with van der Waals surface area (Å²) in [7, 11) is -1.77. The van der Waals surface area contributed by atoms with Crippen LogP contribution in [-0.4, -0.2) is 30.8 Å². The molecule has 84 valence electrons. The zero-order valence-corrected chi connectivity index (χ0v) is 10.8. The molecule has 0 bridgehead atoms. The monoisotopic (exact) mass is 266 g/mol. The molecule has 1 aliphatic carbocycles. The molecule has 1 fully saturated rings. The first-order valence-corrected chi connectivity index (χ1v) is 7.17. The molecular weight excluding hydrogens is 256 g/mol. The highest BCUT2D eigenvalue weighted by atomic mass is 35.5. The smallest absolute Gasteiger partial charge is 0.229 e. The number of nitrogens with zero attached hydrogens (tertiary/aromatic N) is 2. The number of hydrogen-bond donors (Lipinski definition) is 0. The molecule has 0 amide bonds. The van der Waals surface area contributed by atoms with E-state index in [9.17, 15) is 8.42 Å². The van der Waals surface area contributed by atoms with Crippen molar-refractivity contribution in [1.29, 1.82) is 0 Å². The predicted molar refractivity (Wildman–Crippen MR) is 59.8 cm³/mol. The van der Waals surface area contributed by atoms with E-state index in [-0.39, 0.29) is 14.7 Å². The van der Waals surface area contributed by atoms with Crippen LogP contribution in [-0.2, 0) is 10.0 Å². The molecule has 0 N–H and O–H groups in total. The van der Waals surface area contributed by atoms with Crippen LogP contribution in [0, 0.1) is 6.92 Å². The van der Waals surface area contributed by atoms with Gasteiger partial charge in [0.15, 0.2) is 8.68 Å². The Labute approximate surface area is 97.9 Å². The summed E-state index contributed by atoms with van der Waals surface area (Å²) in [4.78, 5) is 3.92. The van der Waals surface area contributed by atoms with Gasteiger partial charge in [0.25, 0.3) is 10.0 Å². The van der Waals surface area contributed by atoms with Crippen molar-refractivity contribution in [2.75, 3.05) is 7.05 Å². The third kappa shape index (κ3) is 2.04. The quantitative estimate of drug-likeness (QED) is 0.839. The van der Waals surface area contributed by atoms with Crippen LogP contribution in [0.1, 0.15) is 18.5 Å². The minimum atomic E-state index is -3.38. The summed E-state index contributed by atoms with van der Waals surface area (Å²) >= 11 is 6.72. The fraction of sp³-hybridized carbons (Fsp3) is 0.625. The van der Waals surface area contributed by atoms with E-state index in [4.69, 9.17) is 11.6 Å². The summed E-state index contributed by atoms with van der Waals surface area (Å²) in [6.45, 7) is 1.66. The first-order chi connectivity index (χ1) is 6.93. The summed E-state index contributed by atoms with van der Waals surface area (Å²) in [5.41, 5.74) is 0.484. The molecule has 0 atom stereocenters. The summed E-state index contributed by atoms with van der Waals surface area (Å²) in [6, 6.07) is 0.162. The van der Waals surface area contributed by atoms with Gasteiger partial charge in [-0.05, 0) is 19.8 Å². The number of thiazole rings is 1. The SMILES string of the molecule is Cc1nc(Cl)sc1S(=O)(=O)N(C)C1CC1. The average molecular weight is 267 g/mol. The number of sulfonamides is 1. The van der Waals surface area contributed by atoms with Gasteiger partial charge < -0.3 is 0 Å². The van der Waals surface area contributed by atoms with E-state index < -0.39 is 10.0 Å². The van der Waals surface area contributed by atoms with E-state index in [0.717, 1.165) is 24.2 Å². The van der Waals surface area contributed by atoms with Gasteiger partial charge in [-0.3, -0.25) is 0 Å². The molecule has 1 aromatic heterocycles. The van der Waals surface area contributed by atoms with Gasteiger partial charge in [0.05, 0.1) is 5.69 Å². The van der Waals surface area contributed by atoms with Gasteiger partial charge in [-0.2, -0.15) is 4.31 Å². The van der Waals surface area contributed by atoms with Crippen LogP contribution in [0.15, 0.2) is 4.21 Å². The average Bonchev–Trinajstić information content (AvgIpc) is 2.91. The zero-order valence-electron chi connectivity index (χ0n) is 8.40. The maximum Gasteiger partial charge on any atom is 0.254 e. The van der Waals surface area contributed by atoms with Gasteiger partial charge in [0, 0.05) is 13.1 Å². The van der Waals surface area contributed by atoms with Crippen molar-refractivity contribution in [3.63, 3.8) is 0 Å². The number of hydrogen-bond acceptors (Lipinski definition) is 4. The highest BCUT2D eigenvalue weighted by molar-refractivity contribution is 7.91. The third-order valence-electron chi connectivity index (χ3n) is 2.40. The maximum absolute atomic E-state index is 12.1. The molecule has 1 heterocycles. The summed E-state index contributed by atoms with van der Waals surface area (Å²) in [5.74, 6) is 0. The molecule has 4 nitrogen and oxygen atoms in total. The summed E-state index contributed by atoms with van der Waals surface area (Å²) < 4.78 is 26.1. The Morgan fingerprint density at radius 1 is 1.53 bits per heavy atom. The number of aryl methyl sites for hydroxylation is 1. The lowest BCUT2D eigenvalue weighted by Gasteiger charge is -2.14. The molecule has 7 heteroatoms. The van der Waals surface area contributed by atoms with Gasteiger partial charge >= 0.3 is 0 Å². The third-order valence-corrected chi connectivity index (χ3v) is 6.16. The Hall–Kier alpha value is -0.170. The van der Waals surface area contributed by atoms with Crippen molar-refractivity contribution in [2.24, 2.45) is 0 Å². The van der Waals surface area contributed by atoms with Crippen molar-refractivity contribution in [2.45, 2.75) is 30.0 Å². The number of rotatable bonds is 3.